The van der Waals surface area contributed by atoms with Crippen LogP contribution in [0.15, 0.2) is 46.9 Å². The van der Waals surface area contributed by atoms with Crippen LogP contribution in [0, 0.1) is 6.92 Å². The van der Waals surface area contributed by atoms with Crippen molar-refractivity contribution in [1.82, 2.24) is 5.32 Å². The molecular weight excluding hydrogens is 390 g/mol. The Hall–Kier alpha value is -1.07. The molecule has 2 rings (SSSR count). The number of benzene rings is 2. The lowest BCUT2D eigenvalue weighted by Gasteiger charge is -2.13. The summed E-state index contributed by atoms with van der Waals surface area (Å²) in [6, 6.07) is 14.6. The van der Waals surface area contributed by atoms with Crippen LogP contribution in [0.2, 0.25) is 0 Å². The fourth-order valence-electron chi connectivity index (χ4n) is 2.24. The molecule has 0 aliphatic heterocycles. The zero-order valence-corrected chi connectivity index (χ0v) is 16.6. The summed E-state index contributed by atoms with van der Waals surface area (Å²) in [5.74, 6) is 0.924. The summed E-state index contributed by atoms with van der Waals surface area (Å²) in [4.78, 5) is 0. The SMILES string of the molecule is COCCCNCc1cc(Br)ccc1OCc1ccc(C)cc1.Cl. The summed E-state index contributed by atoms with van der Waals surface area (Å²) >= 11 is 3.53. The maximum Gasteiger partial charge on any atom is 0.124 e. The maximum atomic E-state index is 6.01. The number of rotatable bonds is 9. The van der Waals surface area contributed by atoms with E-state index in [0.717, 1.165) is 41.9 Å². The summed E-state index contributed by atoms with van der Waals surface area (Å²) in [7, 11) is 1.73. The Balaban J connectivity index is 0.00000288. The number of hydrogen-bond acceptors (Lipinski definition) is 3. The summed E-state index contributed by atoms with van der Waals surface area (Å²) < 4.78 is 12.1. The number of methoxy groups -OCH3 is 1. The normalized spacial score (nSPS) is 10.3. The van der Waals surface area contributed by atoms with Crippen molar-refractivity contribution in [2.75, 3.05) is 20.3 Å². The first-order chi connectivity index (χ1) is 11.2. The Morgan fingerprint density at radius 2 is 1.83 bits per heavy atom. The molecule has 0 atom stereocenters. The lowest BCUT2D eigenvalue weighted by molar-refractivity contribution is 0.194. The Kier molecular flexibility index (Phi) is 10.0. The van der Waals surface area contributed by atoms with Crippen LogP contribution in [0.5, 0.6) is 5.75 Å². The topological polar surface area (TPSA) is 30.5 Å². The number of hydrogen-bond donors (Lipinski definition) is 1. The van der Waals surface area contributed by atoms with Gasteiger partial charge in [0.05, 0.1) is 0 Å². The van der Waals surface area contributed by atoms with Crippen LogP contribution in [0.4, 0.5) is 0 Å². The molecule has 0 aromatic heterocycles. The van der Waals surface area contributed by atoms with Gasteiger partial charge in [0.2, 0.25) is 0 Å². The van der Waals surface area contributed by atoms with E-state index in [-0.39, 0.29) is 12.4 Å². The Morgan fingerprint density at radius 3 is 2.54 bits per heavy atom. The van der Waals surface area contributed by atoms with Crippen LogP contribution in [0.3, 0.4) is 0 Å². The summed E-state index contributed by atoms with van der Waals surface area (Å²) in [5, 5.41) is 3.43. The van der Waals surface area contributed by atoms with Gasteiger partial charge in [-0.1, -0.05) is 45.8 Å². The first-order valence-electron chi connectivity index (χ1n) is 7.85. The number of nitrogens with one attached hydrogen (secondary N) is 1. The largest absolute Gasteiger partial charge is 0.489 e. The first kappa shape index (κ1) is 21.0. The molecule has 0 spiro atoms. The summed E-state index contributed by atoms with van der Waals surface area (Å²) in [5.41, 5.74) is 3.60. The highest BCUT2D eigenvalue weighted by Gasteiger charge is 2.05. The van der Waals surface area contributed by atoms with Gasteiger partial charge in [0.25, 0.3) is 0 Å². The third kappa shape index (κ3) is 7.22. The Bertz CT molecular complexity index is 605. The molecule has 3 nitrogen and oxygen atoms in total. The Morgan fingerprint density at radius 1 is 1.08 bits per heavy atom. The van der Waals surface area contributed by atoms with Crippen molar-refractivity contribution in [2.24, 2.45) is 0 Å². The minimum Gasteiger partial charge on any atom is -0.489 e. The van der Waals surface area contributed by atoms with Crippen molar-refractivity contribution >= 4 is 28.3 Å². The predicted octanol–water partition coefficient (Wildman–Crippen LogP) is 4.88. The van der Waals surface area contributed by atoms with E-state index in [1.165, 1.54) is 11.1 Å². The second-order valence-corrected chi connectivity index (χ2v) is 6.47. The molecule has 0 saturated carbocycles. The quantitative estimate of drug-likeness (QED) is 0.593. The van der Waals surface area contributed by atoms with Gasteiger partial charge in [-0.2, -0.15) is 0 Å². The minimum absolute atomic E-state index is 0. The smallest absolute Gasteiger partial charge is 0.124 e. The first-order valence-corrected chi connectivity index (χ1v) is 8.65. The van der Waals surface area contributed by atoms with E-state index in [0.29, 0.717) is 6.61 Å². The van der Waals surface area contributed by atoms with Gasteiger partial charge >= 0.3 is 0 Å². The van der Waals surface area contributed by atoms with Crippen molar-refractivity contribution in [3.63, 3.8) is 0 Å². The summed E-state index contributed by atoms with van der Waals surface area (Å²) in [6.07, 6.45) is 1.00. The van der Waals surface area contributed by atoms with Crippen LogP contribution in [0.1, 0.15) is 23.1 Å². The molecule has 0 fully saturated rings. The molecule has 2 aromatic rings. The summed E-state index contributed by atoms with van der Waals surface area (Å²) in [6.45, 7) is 5.16. The van der Waals surface area contributed by atoms with Crippen LogP contribution in [0.25, 0.3) is 0 Å². The van der Waals surface area contributed by atoms with Crippen LogP contribution in [-0.2, 0) is 17.9 Å². The van der Waals surface area contributed by atoms with Gasteiger partial charge < -0.3 is 14.8 Å². The highest BCUT2D eigenvalue weighted by atomic mass is 79.9. The van der Waals surface area contributed by atoms with Gasteiger partial charge in [0, 0.05) is 30.3 Å². The van der Waals surface area contributed by atoms with Crippen molar-refractivity contribution < 1.29 is 9.47 Å². The van der Waals surface area contributed by atoms with E-state index < -0.39 is 0 Å². The fourth-order valence-corrected chi connectivity index (χ4v) is 2.65. The van der Waals surface area contributed by atoms with Gasteiger partial charge in [-0.05, 0) is 43.7 Å². The second kappa shape index (κ2) is 11.5. The van der Waals surface area contributed by atoms with Crippen molar-refractivity contribution in [1.29, 1.82) is 0 Å². The molecule has 5 heteroatoms. The van der Waals surface area contributed by atoms with E-state index >= 15 is 0 Å². The molecule has 2 aromatic carbocycles. The van der Waals surface area contributed by atoms with E-state index in [2.05, 4.69) is 58.5 Å². The molecule has 0 unspecified atom stereocenters. The van der Waals surface area contributed by atoms with Crippen LogP contribution >= 0.6 is 28.3 Å². The molecule has 0 aliphatic rings. The van der Waals surface area contributed by atoms with E-state index in [1.54, 1.807) is 7.11 Å². The fraction of sp³-hybridized carbons (Fsp3) is 0.368. The van der Waals surface area contributed by atoms with E-state index in [9.17, 15) is 0 Å². The molecule has 0 aliphatic carbocycles. The van der Waals surface area contributed by atoms with Crippen molar-refractivity contribution in [2.45, 2.75) is 26.5 Å². The molecule has 0 saturated heterocycles. The highest BCUT2D eigenvalue weighted by Crippen LogP contribution is 2.24. The molecule has 0 radical (unpaired) electrons. The van der Waals surface area contributed by atoms with E-state index in [4.69, 9.17) is 9.47 Å². The van der Waals surface area contributed by atoms with Crippen LogP contribution in [-0.4, -0.2) is 20.3 Å². The molecule has 0 amide bonds. The van der Waals surface area contributed by atoms with Gasteiger partial charge in [-0.25, -0.2) is 0 Å². The standard InChI is InChI=1S/C19H24BrNO2.ClH/c1-15-4-6-16(7-5-15)14-23-19-9-8-18(20)12-17(19)13-21-10-3-11-22-2;/h4-9,12,21H,3,10-11,13-14H2,1-2H3;1H. The number of ether oxygens (including phenoxy) is 2. The zero-order chi connectivity index (χ0) is 16.5. The van der Waals surface area contributed by atoms with Gasteiger partial charge in [-0.3, -0.25) is 0 Å². The van der Waals surface area contributed by atoms with Gasteiger partial charge in [-0.15, -0.1) is 12.4 Å². The maximum absolute atomic E-state index is 6.01. The lowest BCUT2D eigenvalue weighted by atomic mass is 10.1. The van der Waals surface area contributed by atoms with Crippen molar-refractivity contribution in [3.05, 3.63) is 63.6 Å². The number of aryl methyl sites for hydroxylation is 1. The molecular formula is C19H25BrClNO2. The molecule has 0 heterocycles. The van der Waals surface area contributed by atoms with E-state index in [1.807, 2.05) is 12.1 Å². The molecule has 1 N–H and O–H groups in total. The van der Waals surface area contributed by atoms with Gasteiger partial charge in [0.15, 0.2) is 0 Å². The average Bonchev–Trinajstić information content (AvgIpc) is 2.55. The zero-order valence-electron chi connectivity index (χ0n) is 14.2. The number of halogens is 2. The van der Waals surface area contributed by atoms with Crippen molar-refractivity contribution in [3.8, 4) is 5.75 Å². The minimum atomic E-state index is 0. The second-order valence-electron chi connectivity index (χ2n) is 5.55. The Labute approximate surface area is 159 Å². The van der Waals surface area contributed by atoms with Crippen LogP contribution < -0.4 is 10.1 Å². The molecule has 0 bridgehead atoms. The third-order valence-electron chi connectivity index (χ3n) is 3.55. The monoisotopic (exact) mass is 413 g/mol. The van der Waals surface area contributed by atoms with Gasteiger partial charge in [0.1, 0.15) is 12.4 Å². The molecule has 24 heavy (non-hydrogen) atoms. The highest BCUT2D eigenvalue weighted by molar-refractivity contribution is 9.10. The predicted molar refractivity (Wildman–Crippen MR) is 105 cm³/mol. The third-order valence-corrected chi connectivity index (χ3v) is 4.05. The molecule has 132 valence electrons. The lowest BCUT2D eigenvalue weighted by Crippen LogP contribution is -2.16. The average molecular weight is 415 g/mol.